The van der Waals surface area contributed by atoms with Crippen molar-refractivity contribution in [3.63, 3.8) is 0 Å². The molecule has 0 bridgehead atoms. The number of rotatable bonds is 2. The smallest absolute Gasteiger partial charge is 0.145 e. The first-order chi connectivity index (χ1) is 5.49. The van der Waals surface area contributed by atoms with Crippen LogP contribution in [-0.4, -0.2) is 21.6 Å². The largest absolute Gasteiger partial charge is 0.299 e. The second-order valence-electron chi connectivity index (χ2n) is 3.17. The first-order valence-corrected chi connectivity index (χ1v) is 4.75. The highest BCUT2D eigenvalue weighted by molar-refractivity contribution is 8.15. The van der Waals surface area contributed by atoms with Crippen molar-refractivity contribution in [2.45, 2.75) is 31.6 Å². The maximum absolute atomic E-state index is 11.2. The van der Waals surface area contributed by atoms with Gasteiger partial charge in [0.1, 0.15) is 5.78 Å². The molecule has 1 rings (SSSR count). The van der Waals surface area contributed by atoms with E-state index in [9.17, 15) is 4.79 Å². The van der Waals surface area contributed by atoms with Gasteiger partial charge in [-0.2, -0.15) is 0 Å². The molecule has 0 saturated heterocycles. The monoisotopic (exact) mass is 183 g/mol. The molecule has 0 amide bonds. The zero-order valence-corrected chi connectivity index (χ0v) is 8.44. The summed E-state index contributed by atoms with van der Waals surface area (Å²) in [6.07, 6.45) is 1.75. The number of carbonyl (C=O) groups excluding carboxylic acids is 1. The molecule has 0 fully saturated rings. The molecule has 2 unspecified atom stereocenters. The molecule has 0 aromatic rings. The summed E-state index contributed by atoms with van der Waals surface area (Å²) in [6, 6.07) is 0. The summed E-state index contributed by atoms with van der Waals surface area (Å²) in [5.41, 5.74) is -0.388. The maximum Gasteiger partial charge on any atom is 0.145 e. The molecule has 66 valence electrons. The molecule has 12 heavy (non-hydrogen) atoms. The number of Topliss-reactive ketones (excluding diaryl/α,β-unsaturated/α-hetero) is 1. The third-order valence-electron chi connectivity index (χ3n) is 2.00. The Balaban J connectivity index is 2.96. The third kappa shape index (κ3) is 1.46. The lowest BCUT2D eigenvalue weighted by atomic mass is 9.96. The minimum atomic E-state index is -0.388. The molecule has 2 nitrogen and oxygen atoms in total. The van der Waals surface area contributed by atoms with E-state index in [1.807, 2.05) is 13.8 Å². The van der Waals surface area contributed by atoms with E-state index in [2.05, 4.69) is 11.6 Å². The second kappa shape index (κ2) is 3.05. The van der Waals surface area contributed by atoms with Gasteiger partial charge in [0.2, 0.25) is 0 Å². The summed E-state index contributed by atoms with van der Waals surface area (Å²) in [5, 5.41) is 0.896. The summed E-state index contributed by atoms with van der Waals surface area (Å²) < 4.78 is 0. The van der Waals surface area contributed by atoms with Gasteiger partial charge in [-0.05, 0) is 20.8 Å². The van der Waals surface area contributed by atoms with Crippen molar-refractivity contribution in [3.05, 3.63) is 12.7 Å². The van der Waals surface area contributed by atoms with Crippen LogP contribution in [0.15, 0.2) is 17.6 Å². The quantitative estimate of drug-likeness (QED) is 0.613. The predicted octanol–water partition coefficient (Wildman–Crippen LogP) is 2.05. The van der Waals surface area contributed by atoms with E-state index in [0.717, 1.165) is 5.04 Å². The van der Waals surface area contributed by atoms with Gasteiger partial charge in [-0.15, -0.1) is 6.58 Å². The maximum atomic E-state index is 11.2. The average molecular weight is 183 g/mol. The molecule has 0 aliphatic carbocycles. The van der Waals surface area contributed by atoms with E-state index in [-0.39, 0.29) is 16.6 Å². The number of aliphatic imine (C=N–C) groups is 1. The number of nitrogens with zero attached hydrogens (tertiary/aromatic N) is 1. The van der Waals surface area contributed by atoms with E-state index >= 15 is 0 Å². The number of carbonyl (C=O) groups is 1. The molecule has 0 radical (unpaired) electrons. The summed E-state index contributed by atoms with van der Waals surface area (Å²) in [7, 11) is 0. The Labute approximate surface area is 77.1 Å². The van der Waals surface area contributed by atoms with Crippen LogP contribution < -0.4 is 0 Å². The molecule has 1 aliphatic heterocycles. The normalized spacial score (nSPS) is 34.6. The fraction of sp³-hybridized carbons (Fsp3) is 0.556. The van der Waals surface area contributed by atoms with Crippen molar-refractivity contribution in [2.24, 2.45) is 4.99 Å². The van der Waals surface area contributed by atoms with Crippen LogP contribution in [-0.2, 0) is 4.79 Å². The van der Waals surface area contributed by atoms with Gasteiger partial charge in [-0.1, -0.05) is 17.8 Å². The fourth-order valence-electron chi connectivity index (χ4n) is 1.36. The van der Waals surface area contributed by atoms with Crippen molar-refractivity contribution in [3.8, 4) is 0 Å². The molecule has 2 atom stereocenters. The SMILES string of the molecule is C=CC1(C)N=C(C)SC1C(C)=O. The number of hydrogen-bond acceptors (Lipinski definition) is 3. The molecule has 1 aliphatic rings. The van der Waals surface area contributed by atoms with Gasteiger partial charge in [0.25, 0.3) is 0 Å². The highest BCUT2D eigenvalue weighted by Crippen LogP contribution is 2.36. The Morgan fingerprint density at radius 3 is 2.75 bits per heavy atom. The van der Waals surface area contributed by atoms with Gasteiger partial charge < -0.3 is 0 Å². The van der Waals surface area contributed by atoms with E-state index in [0.29, 0.717) is 0 Å². The van der Waals surface area contributed by atoms with Crippen molar-refractivity contribution in [1.29, 1.82) is 0 Å². The number of hydrogen-bond donors (Lipinski definition) is 0. The lowest BCUT2D eigenvalue weighted by Crippen LogP contribution is -2.34. The minimum Gasteiger partial charge on any atom is -0.299 e. The molecule has 1 heterocycles. The molecular weight excluding hydrogens is 170 g/mol. The summed E-state index contributed by atoms with van der Waals surface area (Å²) >= 11 is 1.53. The molecule has 0 saturated carbocycles. The van der Waals surface area contributed by atoms with Crippen LogP contribution in [0, 0.1) is 0 Å². The first kappa shape index (κ1) is 9.52. The van der Waals surface area contributed by atoms with Crippen LogP contribution in [0.1, 0.15) is 20.8 Å². The highest BCUT2D eigenvalue weighted by Gasteiger charge is 2.40. The zero-order chi connectivity index (χ0) is 9.35. The van der Waals surface area contributed by atoms with Crippen LogP contribution in [0.3, 0.4) is 0 Å². The lowest BCUT2D eigenvalue weighted by Gasteiger charge is -2.21. The van der Waals surface area contributed by atoms with E-state index in [1.54, 1.807) is 13.0 Å². The second-order valence-corrected chi connectivity index (χ2v) is 4.47. The Morgan fingerprint density at radius 1 is 1.83 bits per heavy atom. The summed E-state index contributed by atoms with van der Waals surface area (Å²) in [6.45, 7) is 9.18. The zero-order valence-electron chi connectivity index (χ0n) is 7.63. The standard InChI is InChI=1S/C9H13NOS/c1-5-9(4)8(6(2)11)12-7(3)10-9/h5,8H,1H2,2-4H3. The molecule has 3 heteroatoms. The van der Waals surface area contributed by atoms with Gasteiger partial charge in [0, 0.05) is 0 Å². The molecule has 0 N–H and O–H groups in total. The number of thioether (sulfide) groups is 1. The van der Waals surface area contributed by atoms with Gasteiger partial charge in [-0.25, -0.2) is 0 Å². The van der Waals surface area contributed by atoms with E-state index in [1.165, 1.54) is 11.8 Å². The molecule has 0 aromatic carbocycles. The van der Waals surface area contributed by atoms with E-state index < -0.39 is 0 Å². The van der Waals surface area contributed by atoms with Crippen LogP contribution in [0.4, 0.5) is 0 Å². The Bertz CT molecular complexity index is 259. The summed E-state index contributed by atoms with van der Waals surface area (Å²) in [4.78, 5) is 15.6. The van der Waals surface area contributed by atoms with Crippen molar-refractivity contribution < 1.29 is 4.79 Å². The Kier molecular flexibility index (Phi) is 2.42. The van der Waals surface area contributed by atoms with Gasteiger partial charge >= 0.3 is 0 Å². The molecule has 0 aromatic heterocycles. The predicted molar refractivity (Wildman–Crippen MR) is 53.8 cm³/mol. The minimum absolute atomic E-state index is 0.0741. The highest BCUT2D eigenvalue weighted by atomic mass is 32.2. The van der Waals surface area contributed by atoms with Crippen LogP contribution in [0.25, 0.3) is 0 Å². The Morgan fingerprint density at radius 2 is 2.42 bits per heavy atom. The van der Waals surface area contributed by atoms with Gasteiger partial charge in [-0.3, -0.25) is 9.79 Å². The van der Waals surface area contributed by atoms with Crippen molar-refractivity contribution in [2.75, 3.05) is 0 Å². The summed E-state index contributed by atoms with van der Waals surface area (Å²) in [5.74, 6) is 0.169. The topological polar surface area (TPSA) is 29.4 Å². The van der Waals surface area contributed by atoms with Crippen molar-refractivity contribution >= 4 is 22.6 Å². The third-order valence-corrected chi connectivity index (χ3v) is 3.48. The van der Waals surface area contributed by atoms with Gasteiger partial charge in [0.05, 0.1) is 15.8 Å². The van der Waals surface area contributed by atoms with Crippen LogP contribution in [0.5, 0.6) is 0 Å². The Hall–Kier alpha value is -0.570. The van der Waals surface area contributed by atoms with Crippen LogP contribution in [0.2, 0.25) is 0 Å². The number of ketones is 1. The molecule has 0 spiro atoms. The fourth-order valence-corrected chi connectivity index (χ4v) is 2.51. The van der Waals surface area contributed by atoms with E-state index in [4.69, 9.17) is 0 Å². The average Bonchev–Trinajstić information content (AvgIpc) is 2.27. The first-order valence-electron chi connectivity index (χ1n) is 3.87. The van der Waals surface area contributed by atoms with Gasteiger partial charge in [0.15, 0.2) is 0 Å². The van der Waals surface area contributed by atoms with Crippen molar-refractivity contribution in [1.82, 2.24) is 0 Å². The van der Waals surface area contributed by atoms with Crippen LogP contribution >= 0.6 is 11.8 Å². The lowest BCUT2D eigenvalue weighted by molar-refractivity contribution is -0.117. The molecular formula is C9H13NOS.